The maximum Gasteiger partial charge on any atom is 0.271 e. The molecule has 1 saturated carbocycles. The van der Waals surface area contributed by atoms with Crippen molar-refractivity contribution in [2.24, 2.45) is 0 Å². The van der Waals surface area contributed by atoms with Crippen molar-refractivity contribution in [3.05, 3.63) is 24.3 Å². The topological polar surface area (TPSA) is 78.4 Å². The van der Waals surface area contributed by atoms with Crippen LogP contribution in [0.15, 0.2) is 18.6 Å². The number of carbonyl (C=O) groups is 1. The molecule has 1 aliphatic heterocycles. The average molecular weight is 304 g/mol. The Hall–Kier alpha value is -1.53. The van der Waals surface area contributed by atoms with Gasteiger partial charge in [0, 0.05) is 31.5 Å². The number of likely N-dealkylation sites (tertiary alicyclic amines) is 1. The quantitative estimate of drug-likeness (QED) is 0.814. The summed E-state index contributed by atoms with van der Waals surface area (Å²) >= 11 is 0. The smallest absolute Gasteiger partial charge is 0.271 e. The number of aliphatic hydroxyl groups is 1. The third-order valence-corrected chi connectivity index (χ3v) is 4.77. The van der Waals surface area contributed by atoms with Crippen molar-refractivity contribution in [1.29, 1.82) is 0 Å². The maximum atomic E-state index is 12.1. The molecule has 0 spiro atoms. The summed E-state index contributed by atoms with van der Waals surface area (Å²) in [5, 5.41) is 13.2. The first kappa shape index (κ1) is 15.4. The van der Waals surface area contributed by atoms with E-state index < -0.39 is 6.10 Å². The van der Waals surface area contributed by atoms with Gasteiger partial charge in [-0.3, -0.25) is 14.7 Å². The SMILES string of the molecule is O=C(N[C@@H]1CN(C2CCCCCC2)C[C@H]1O)c1cnccn1. The van der Waals surface area contributed by atoms with E-state index in [1.165, 1.54) is 57.1 Å². The molecular weight excluding hydrogens is 280 g/mol. The highest BCUT2D eigenvalue weighted by atomic mass is 16.3. The van der Waals surface area contributed by atoms with Gasteiger partial charge in [-0.2, -0.15) is 0 Å². The van der Waals surface area contributed by atoms with E-state index in [1.807, 2.05) is 0 Å². The molecule has 2 fully saturated rings. The molecular formula is C16H24N4O2. The van der Waals surface area contributed by atoms with E-state index in [0.29, 0.717) is 18.3 Å². The molecule has 0 unspecified atom stereocenters. The Morgan fingerprint density at radius 2 is 1.95 bits per heavy atom. The fraction of sp³-hybridized carbons (Fsp3) is 0.688. The van der Waals surface area contributed by atoms with E-state index in [2.05, 4.69) is 20.2 Å². The Bertz CT molecular complexity index is 488. The molecule has 2 atom stereocenters. The van der Waals surface area contributed by atoms with Gasteiger partial charge in [-0.1, -0.05) is 25.7 Å². The molecule has 120 valence electrons. The summed E-state index contributed by atoms with van der Waals surface area (Å²) in [5.74, 6) is -0.264. The summed E-state index contributed by atoms with van der Waals surface area (Å²) in [6.45, 7) is 1.37. The minimum atomic E-state index is -0.510. The molecule has 1 saturated heterocycles. The molecule has 1 amide bonds. The molecule has 2 N–H and O–H groups in total. The lowest BCUT2D eigenvalue weighted by atomic mass is 10.1. The second-order valence-electron chi connectivity index (χ2n) is 6.34. The number of β-amino-alcohol motifs (C(OH)–C–C–N with tert-alkyl or cyclic N) is 1. The van der Waals surface area contributed by atoms with Gasteiger partial charge in [0.1, 0.15) is 5.69 Å². The highest BCUT2D eigenvalue weighted by molar-refractivity contribution is 5.92. The number of aliphatic hydroxyl groups excluding tert-OH is 1. The Balaban J connectivity index is 1.57. The minimum Gasteiger partial charge on any atom is -0.390 e. The molecule has 6 nitrogen and oxygen atoms in total. The fourth-order valence-electron chi connectivity index (χ4n) is 3.54. The first-order chi connectivity index (χ1) is 10.7. The van der Waals surface area contributed by atoms with E-state index in [0.717, 1.165) is 6.54 Å². The normalized spacial score (nSPS) is 27.5. The van der Waals surface area contributed by atoms with Gasteiger partial charge in [0.25, 0.3) is 5.91 Å². The predicted molar refractivity (Wildman–Crippen MR) is 82.4 cm³/mol. The van der Waals surface area contributed by atoms with Gasteiger partial charge in [0.15, 0.2) is 0 Å². The zero-order chi connectivity index (χ0) is 15.4. The molecule has 0 aromatic carbocycles. The van der Waals surface area contributed by atoms with E-state index in [-0.39, 0.29) is 11.9 Å². The van der Waals surface area contributed by atoms with E-state index in [4.69, 9.17) is 0 Å². The molecule has 2 heterocycles. The summed E-state index contributed by atoms with van der Waals surface area (Å²) in [5.41, 5.74) is 0.294. The van der Waals surface area contributed by atoms with Crippen molar-refractivity contribution < 1.29 is 9.90 Å². The summed E-state index contributed by atoms with van der Waals surface area (Å²) in [4.78, 5) is 22.4. The summed E-state index contributed by atoms with van der Waals surface area (Å²) in [7, 11) is 0. The van der Waals surface area contributed by atoms with Crippen molar-refractivity contribution in [1.82, 2.24) is 20.2 Å². The lowest BCUT2D eigenvalue weighted by molar-refractivity contribution is 0.0882. The van der Waals surface area contributed by atoms with Crippen LogP contribution in [0.3, 0.4) is 0 Å². The summed E-state index contributed by atoms with van der Waals surface area (Å²) < 4.78 is 0. The van der Waals surface area contributed by atoms with Gasteiger partial charge in [-0.25, -0.2) is 4.98 Å². The highest BCUT2D eigenvalue weighted by Crippen LogP contribution is 2.25. The van der Waals surface area contributed by atoms with Crippen LogP contribution >= 0.6 is 0 Å². The van der Waals surface area contributed by atoms with Gasteiger partial charge in [-0.05, 0) is 12.8 Å². The third kappa shape index (κ3) is 3.62. The van der Waals surface area contributed by atoms with E-state index in [9.17, 15) is 9.90 Å². The van der Waals surface area contributed by atoms with Crippen molar-refractivity contribution in [3.8, 4) is 0 Å². The monoisotopic (exact) mass is 304 g/mol. The Morgan fingerprint density at radius 1 is 1.18 bits per heavy atom. The fourth-order valence-corrected chi connectivity index (χ4v) is 3.54. The second kappa shape index (κ2) is 7.15. The van der Waals surface area contributed by atoms with Crippen molar-refractivity contribution in [2.45, 2.75) is 56.7 Å². The maximum absolute atomic E-state index is 12.1. The Kier molecular flexibility index (Phi) is 5.00. The van der Waals surface area contributed by atoms with Crippen LogP contribution in [-0.4, -0.2) is 57.2 Å². The van der Waals surface area contributed by atoms with Crippen LogP contribution in [-0.2, 0) is 0 Å². The lowest BCUT2D eigenvalue weighted by Crippen LogP contribution is -2.43. The van der Waals surface area contributed by atoms with Gasteiger partial charge in [-0.15, -0.1) is 0 Å². The molecule has 0 radical (unpaired) electrons. The van der Waals surface area contributed by atoms with Gasteiger partial charge in [0.2, 0.25) is 0 Å². The van der Waals surface area contributed by atoms with Crippen molar-refractivity contribution in [2.75, 3.05) is 13.1 Å². The molecule has 0 bridgehead atoms. The Labute approximate surface area is 131 Å². The van der Waals surface area contributed by atoms with Gasteiger partial charge >= 0.3 is 0 Å². The van der Waals surface area contributed by atoms with Crippen molar-refractivity contribution in [3.63, 3.8) is 0 Å². The van der Waals surface area contributed by atoms with Gasteiger partial charge < -0.3 is 10.4 Å². The molecule has 22 heavy (non-hydrogen) atoms. The minimum absolute atomic E-state index is 0.224. The average Bonchev–Trinajstić information content (AvgIpc) is 2.76. The van der Waals surface area contributed by atoms with E-state index in [1.54, 1.807) is 0 Å². The largest absolute Gasteiger partial charge is 0.390 e. The molecule has 1 aromatic heterocycles. The molecule has 2 aliphatic rings. The number of aromatic nitrogens is 2. The summed E-state index contributed by atoms with van der Waals surface area (Å²) in [6.07, 6.45) is 11.6. The first-order valence-corrected chi connectivity index (χ1v) is 8.23. The van der Waals surface area contributed by atoms with Gasteiger partial charge in [0.05, 0.1) is 18.3 Å². The third-order valence-electron chi connectivity index (χ3n) is 4.77. The zero-order valence-corrected chi connectivity index (χ0v) is 12.8. The number of nitrogens with zero attached hydrogens (tertiary/aromatic N) is 3. The lowest BCUT2D eigenvalue weighted by Gasteiger charge is -2.26. The predicted octanol–water partition coefficient (Wildman–Crippen LogP) is 0.974. The molecule has 6 heteroatoms. The van der Waals surface area contributed by atoms with Crippen LogP contribution < -0.4 is 5.32 Å². The zero-order valence-electron chi connectivity index (χ0n) is 12.8. The van der Waals surface area contributed by atoms with E-state index >= 15 is 0 Å². The number of hydrogen-bond acceptors (Lipinski definition) is 5. The molecule has 3 rings (SSSR count). The highest BCUT2D eigenvalue weighted by Gasteiger charge is 2.36. The second-order valence-corrected chi connectivity index (χ2v) is 6.34. The number of hydrogen-bond donors (Lipinski definition) is 2. The molecule has 1 aromatic rings. The number of amides is 1. The first-order valence-electron chi connectivity index (χ1n) is 8.23. The number of carbonyl (C=O) groups excluding carboxylic acids is 1. The summed E-state index contributed by atoms with van der Waals surface area (Å²) in [6, 6.07) is 0.327. The number of rotatable bonds is 3. The molecule has 1 aliphatic carbocycles. The van der Waals surface area contributed by atoms with Crippen LogP contribution in [0.5, 0.6) is 0 Å². The van der Waals surface area contributed by atoms with Crippen LogP contribution in [0.25, 0.3) is 0 Å². The van der Waals surface area contributed by atoms with Crippen LogP contribution in [0, 0.1) is 0 Å². The standard InChI is InChI=1S/C16H24N4O2/c21-15-11-20(12-5-3-1-2-4-6-12)10-14(15)19-16(22)13-9-17-7-8-18-13/h7-9,12,14-15,21H,1-6,10-11H2,(H,19,22)/t14-,15-/m1/s1. The van der Waals surface area contributed by atoms with Crippen LogP contribution in [0.2, 0.25) is 0 Å². The Morgan fingerprint density at radius 3 is 2.64 bits per heavy atom. The van der Waals surface area contributed by atoms with Crippen LogP contribution in [0.1, 0.15) is 49.0 Å². The van der Waals surface area contributed by atoms with Crippen LogP contribution in [0.4, 0.5) is 0 Å². The number of nitrogens with one attached hydrogen (secondary N) is 1. The van der Waals surface area contributed by atoms with Crippen molar-refractivity contribution >= 4 is 5.91 Å².